The van der Waals surface area contributed by atoms with Gasteiger partial charge < -0.3 is 5.11 Å². The summed E-state index contributed by atoms with van der Waals surface area (Å²) in [7, 11) is 0. The fourth-order valence-corrected chi connectivity index (χ4v) is 2.68. The molecule has 14 heavy (non-hydrogen) atoms. The predicted octanol–water partition coefficient (Wildman–Crippen LogP) is 4.31. The maximum Gasteiger partial charge on any atom is 0.265 e. The number of rotatable bonds is 1. The second-order valence-electron chi connectivity index (χ2n) is 2.80. The molecular formula is C9H5BrF2OS. The molecule has 74 valence electrons. The summed E-state index contributed by atoms with van der Waals surface area (Å²) in [5, 5.41) is 9.90. The number of halogens is 3. The Morgan fingerprint density at radius 2 is 2.00 bits per heavy atom. The molecule has 1 heterocycles. The van der Waals surface area contributed by atoms with E-state index in [0.717, 1.165) is 11.3 Å². The molecule has 0 amide bonds. The third-order valence-electron chi connectivity index (χ3n) is 1.83. The Kier molecular flexibility index (Phi) is 2.45. The van der Waals surface area contributed by atoms with Gasteiger partial charge in [-0.1, -0.05) is 27.3 Å². The van der Waals surface area contributed by atoms with E-state index in [9.17, 15) is 13.9 Å². The largest absolute Gasteiger partial charge is 0.499 e. The highest BCUT2D eigenvalue weighted by atomic mass is 79.9. The second-order valence-corrected chi connectivity index (χ2v) is 4.75. The van der Waals surface area contributed by atoms with E-state index in [1.54, 1.807) is 6.07 Å². The monoisotopic (exact) mass is 278 g/mol. The van der Waals surface area contributed by atoms with Gasteiger partial charge in [0.25, 0.3) is 6.43 Å². The van der Waals surface area contributed by atoms with Crippen LogP contribution in [0.5, 0.6) is 5.06 Å². The van der Waals surface area contributed by atoms with Crippen molar-refractivity contribution in [3.8, 4) is 5.06 Å². The maximum atomic E-state index is 12.6. The lowest BCUT2D eigenvalue weighted by Crippen LogP contribution is -1.83. The summed E-state index contributed by atoms with van der Waals surface area (Å²) in [6.07, 6.45) is -2.52. The van der Waals surface area contributed by atoms with E-state index in [-0.39, 0.29) is 10.6 Å². The first kappa shape index (κ1) is 9.86. The number of thiophene rings is 1. The van der Waals surface area contributed by atoms with Gasteiger partial charge in [0.2, 0.25) is 0 Å². The Morgan fingerprint density at radius 1 is 1.29 bits per heavy atom. The average Bonchev–Trinajstić information content (AvgIpc) is 2.42. The molecule has 0 spiro atoms. The molecule has 0 aliphatic rings. The molecule has 1 nitrogen and oxygen atoms in total. The average molecular weight is 279 g/mol. The van der Waals surface area contributed by atoms with E-state index in [1.807, 2.05) is 0 Å². The Hall–Kier alpha value is -0.680. The molecule has 2 rings (SSSR count). The lowest BCUT2D eigenvalue weighted by atomic mass is 10.2. The zero-order valence-corrected chi connectivity index (χ0v) is 9.20. The number of benzene rings is 1. The van der Waals surface area contributed by atoms with Gasteiger partial charge in [-0.05, 0) is 23.6 Å². The molecule has 0 bridgehead atoms. The molecule has 0 atom stereocenters. The van der Waals surface area contributed by atoms with Crippen LogP contribution in [-0.4, -0.2) is 5.11 Å². The summed E-state index contributed by atoms with van der Waals surface area (Å²) in [4.78, 5) is 0. The van der Waals surface area contributed by atoms with Crippen LogP contribution in [0.1, 0.15) is 12.0 Å². The van der Waals surface area contributed by atoms with Crippen LogP contribution in [0.4, 0.5) is 8.78 Å². The van der Waals surface area contributed by atoms with Gasteiger partial charge in [-0.2, -0.15) is 0 Å². The van der Waals surface area contributed by atoms with Crippen molar-refractivity contribution in [1.29, 1.82) is 0 Å². The molecule has 1 aromatic heterocycles. The second kappa shape index (κ2) is 3.47. The lowest BCUT2D eigenvalue weighted by molar-refractivity contribution is 0.153. The Labute approximate surface area is 91.1 Å². The molecular weight excluding hydrogens is 274 g/mol. The molecule has 0 aliphatic carbocycles. The maximum absolute atomic E-state index is 12.6. The first-order valence-corrected chi connectivity index (χ1v) is 5.39. The van der Waals surface area contributed by atoms with Gasteiger partial charge in [0.15, 0.2) is 5.06 Å². The van der Waals surface area contributed by atoms with E-state index in [2.05, 4.69) is 15.9 Å². The van der Waals surface area contributed by atoms with E-state index in [4.69, 9.17) is 0 Å². The van der Waals surface area contributed by atoms with Crippen LogP contribution in [-0.2, 0) is 0 Å². The first-order chi connectivity index (χ1) is 6.58. The molecule has 0 saturated heterocycles. The van der Waals surface area contributed by atoms with Gasteiger partial charge in [-0.3, -0.25) is 0 Å². The fraction of sp³-hybridized carbons (Fsp3) is 0.111. The highest BCUT2D eigenvalue weighted by Gasteiger charge is 2.15. The highest BCUT2D eigenvalue weighted by molar-refractivity contribution is 9.10. The molecule has 2 aromatic rings. The number of alkyl halides is 2. The number of hydrogen-bond acceptors (Lipinski definition) is 2. The number of hydrogen-bond donors (Lipinski definition) is 1. The molecule has 0 unspecified atom stereocenters. The zero-order valence-electron chi connectivity index (χ0n) is 6.80. The number of aromatic hydroxyl groups is 1. The van der Waals surface area contributed by atoms with Crippen LogP contribution >= 0.6 is 27.3 Å². The van der Waals surface area contributed by atoms with Gasteiger partial charge in [-0.15, -0.1) is 0 Å². The van der Waals surface area contributed by atoms with Crippen molar-refractivity contribution in [2.75, 3.05) is 0 Å². The predicted molar refractivity (Wildman–Crippen MR) is 56.1 cm³/mol. The van der Waals surface area contributed by atoms with Crippen molar-refractivity contribution in [1.82, 2.24) is 0 Å². The summed E-state index contributed by atoms with van der Waals surface area (Å²) >= 11 is 4.12. The Morgan fingerprint density at radius 3 is 2.64 bits per heavy atom. The van der Waals surface area contributed by atoms with Crippen LogP contribution in [0.25, 0.3) is 10.1 Å². The van der Waals surface area contributed by atoms with E-state index < -0.39 is 6.43 Å². The molecule has 0 saturated carbocycles. The van der Waals surface area contributed by atoms with Crippen molar-refractivity contribution in [3.63, 3.8) is 0 Å². The third-order valence-corrected chi connectivity index (χ3v) is 3.29. The fourth-order valence-electron chi connectivity index (χ4n) is 1.29. The lowest BCUT2D eigenvalue weighted by Gasteiger charge is -2.01. The molecule has 0 aliphatic heterocycles. The minimum absolute atomic E-state index is 0.0420. The molecule has 1 N–H and O–H groups in total. The normalized spacial score (nSPS) is 11.4. The van der Waals surface area contributed by atoms with Crippen molar-refractivity contribution in [2.45, 2.75) is 6.43 Å². The minimum atomic E-state index is -2.52. The van der Waals surface area contributed by atoms with Crippen molar-refractivity contribution < 1.29 is 13.9 Å². The summed E-state index contributed by atoms with van der Waals surface area (Å²) in [6.45, 7) is 0. The first-order valence-electron chi connectivity index (χ1n) is 3.78. The molecule has 1 aromatic carbocycles. The summed E-state index contributed by atoms with van der Waals surface area (Å²) < 4.78 is 26.2. The van der Waals surface area contributed by atoms with Crippen LogP contribution in [0, 0.1) is 0 Å². The van der Waals surface area contributed by atoms with Crippen LogP contribution in [0.2, 0.25) is 0 Å². The Balaban J connectivity index is 2.79. The van der Waals surface area contributed by atoms with Gasteiger partial charge in [0.1, 0.15) is 0 Å². The van der Waals surface area contributed by atoms with E-state index in [1.165, 1.54) is 12.1 Å². The molecule has 5 heteroatoms. The minimum Gasteiger partial charge on any atom is -0.499 e. The van der Waals surface area contributed by atoms with E-state index >= 15 is 0 Å². The SMILES string of the molecule is Oc1cc2cc(Br)cc(C(F)F)c2s1. The quantitative estimate of drug-likeness (QED) is 0.824. The van der Waals surface area contributed by atoms with Crippen LogP contribution in [0.3, 0.4) is 0 Å². The Bertz CT molecular complexity index is 481. The smallest absolute Gasteiger partial charge is 0.265 e. The van der Waals surface area contributed by atoms with E-state index in [0.29, 0.717) is 14.6 Å². The van der Waals surface area contributed by atoms with Crippen LogP contribution < -0.4 is 0 Å². The topological polar surface area (TPSA) is 20.2 Å². The van der Waals surface area contributed by atoms with Gasteiger partial charge in [0, 0.05) is 14.7 Å². The van der Waals surface area contributed by atoms with Crippen LogP contribution in [0.15, 0.2) is 22.7 Å². The van der Waals surface area contributed by atoms with Gasteiger partial charge in [0.05, 0.1) is 0 Å². The van der Waals surface area contributed by atoms with Gasteiger partial charge in [-0.25, -0.2) is 8.78 Å². The zero-order chi connectivity index (χ0) is 10.3. The highest BCUT2D eigenvalue weighted by Crippen LogP contribution is 2.38. The van der Waals surface area contributed by atoms with Crippen molar-refractivity contribution >= 4 is 37.4 Å². The van der Waals surface area contributed by atoms with Crippen molar-refractivity contribution in [2.24, 2.45) is 0 Å². The third kappa shape index (κ3) is 1.62. The summed E-state index contributed by atoms with van der Waals surface area (Å²) in [5.74, 6) is 0. The summed E-state index contributed by atoms with van der Waals surface area (Å²) in [5.41, 5.74) is -0.0420. The standard InChI is InChI=1S/C9H5BrF2OS/c10-5-1-4-2-7(13)14-8(4)6(3-5)9(11)12/h1-3,9,13H. The summed E-state index contributed by atoms with van der Waals surface area (Å²) in [6, 6.07) is 4.57. The van der Waals surface area contributed by atoms with Crippen molar-refractivity contribution in [3.05, 3.63) is 28.2 Å². The number of fused-ring (bicyclic) bond motifs is 1. The molecule has 0 radical (unpaired) electrons. The van der Waals surface area contributed by atoms with Gasteiger partial charge >= 0.3 is 0 Å². The molecule has 0 fully saturated rings.